The minimum Gasteiger partial charge on any atom is -0.486 e. The summed E-state index contributed by atoms with van der Waals surface area (Å²) < 4.78 is 11.3. The fraction of sp³-hybridized carbons (Fsp3) is 0.556. The monoisotopic (exact) mass is 389 g/mol. The fourth-order valence-electron chi connectivity index (χ4n) is 2.41. The zero-order valence-electron chi connectivity index (χ0n) is 15.1. The lowest BCUT2D eigenvalue weighted by Gasteiger charge is -2.24. The van der Waals surface area contributed by atoms with Crippen LogP contribution >= 0.6 is 23.2 Å². The largest absolute Gasteiger partial charge is 0.486 e. The number of halogens is 2. The molecule has 0 fully saturated rings. The lowest BCUT2D eigenvalue weighted by atomic mass is 9.99. The summed E-state index contributed by atoms with van der Waals surface area (Å²) in [5.41, 5.74) is 0.929. The van der Waals surface area contributed by atoms with Crippen LogP contribution in [0.25, 0.3) is 0 Å². The fourth-order valence-corrected chi connectivity index (χ4v) is 3.00. The number of nitrogens with zero attached hydrogens (tertiary/aromatic N) is 1. The summed E-state index contributed by atoms with van der Waals surface area (Å²) in [6, 6.07) is 2.46. The third-order valence-corrected chi connectivity index (χ3v) is 4.30. The van der Waals surface area contributed by atoms with Gasteiger partial charge >= 0.3 is 0 Å². The van der Waals surface area contributed by atoms with Crippen LogP contribution in [0.15, 0.2) is 23.8 Å². The van der Waals surface area contributed by atoms with Crippen LogP contribution in [-0.2, 0) is 4.74 Å². The van der Waals surface area contributed by atoms with E-state index in [4.69, 9.17) is 32.7 Å². The Labute approximate surface area is 159 Å². The number of benzene rings is 1. The van der Waals surface area contributed by atoms with E-state index >= 15 is 0 Å². The molecule has 1 rings (SSSR count). The van der Waals surface area contributed by atoms with Gasteiger partial charge in [-0.3, -0.25) is 10.1 Å². The number of non-ortho nitro benzene ring substituents is 1. The summed E-state index contributed by atoms with van der Waals surface area (Å²) in [7, 11) is 0. The van der Waals surface area contributed by atoms with Crippen LogP contribution < -0.4 is 4.74 Å². The van der Waals surface area contributed by atoms with Crippen molar-refractivity contribution in [3.8, 4) is 5.75 Å². The van der Waals surface area contributed by atoms with E-state index in [2.05, 4.69) is 13.8 Å². The minimum absolute atomic E-state index is 0.106. The maximum Gasteiger partial charge on any atom is 0.272 e. The van der Waals surface area contributed by atoms with Crippen molar-refractivity contribution in [2.24, 2.45) is 0 Å². The molecule has 0 aliphatic heterocycles. The van der Waals surface area contributed by atoms with Gasteiger partial charge in [0.15, 0.2) is 5.75 Å². The molecule has 0 bridgehead atoms. The van der Waals surface area contributed by atoms with E-state index in [1.807, 2.05) is 19.9 Å². The first kappa shape index (κ1) is 21.7. The van der Waals surface area contributed by atoms with Crippen molar-refractivity contribution in [2.75, 3.05) is 13.2 Å². The quantitative estimate of drug-likeness (QED) is 0.271. The molecule has 0 N–H and O–H groups in total. The number of nitro groups is 1. The normalized spacial score (nSPS) is 12.3. The Hall–Kier alpha value is -1.30. The summed E-state index contributed by atoms with van der Waals surface area (Å²) in [6.07, 6.45) is 4.91. The second-order valence-electron chi connectivity index (χ2n) is 6.40. The molecule has 0 atom stereocenters. The Bertz CT molecular complexity index is 606. The van der Waals surface area contributed by atoms with Gasteiger partial charge in [-0.2, -0.15) is 0 Å². The number of nitro benzene ring substituents is 1. The van der Waals surface area contributed by atoms with Crippen molar-refractivity contribution >= 4 is 28.9 Å². The summed E-state index contributed by atoms with van der Waals surface area (Å²) in [5, 5.41) is 11.0. The summed E-state index contributed by atoms with van der Waals surface area (Å²) in [5.74, 6) is 0.260. The van der Waals surface area contributed by atoms with Gasteiger partial charge in [0.2, 0.25) is 0 Å². The summed E-state index contributed by atoms with van der Waals surface area (Å²) >= 11 is 12.0. The van der Waals surface area contributed by atoms with Crippen molar-refractivity contribution in [1.29, 1.82) is 0 Å². The van der Waals surface area contributed by atoms with E-state index in [1.54, 1.807) is 0 Å². The molecule has 140 valence electrons. The Morgan fingerprint density at radius 2 is 1.92 bits per heavy atom. The molecule has 0 saturated heterocycles. The molecule has 25 heavy (non-hydrogen) atoms. The van der Waals surface area contributed by atoms with Crippen LogP contribution in [0.3, 0.4) is 0 Å². The first-order valence-electron chi connectivity index (χ1n) is 8.22. The van der Waals surface area contributed by atoms with Crippen LogP contribution in [0.2, 0.25) is 10.0 Å². The minimum atomic E-state index is -0.546. The van der Waals surface area contributed by atoms with Crippen LogP contribution in [0.4, 0.5) is 5.69 Å². The van der Waals surface area contributed by atoms with Crippen molar-refractivity contribution in [3.05, 3.63) is 43.9 Å². The molecule has 0 saturated carbocycles. The number of rotatable bonds is 10. The third kappa shape index (κ3) is 7.63. The molecule has 7 heteroatoms. The van der Waals surface area contributed by atoms with E-state index in [-0.39, 0.29) is 27.1 Å². The molecule has 0 radical (unpaired) electrons. The van der Waals surface area contributed by atoms with Crippen LogP contribution in [0.5, 0.6) is 5.75 Å². The first-order valence-corrected chi connectivity index (χ1v) is 8.97. The smallest absolute Gasteiger partial charge is 0.272 e. The number of allylic oxidation sites excluding steroid dienone is 1. The van der Waals surface area contributed by atoms with Crippen LogP contribution in [0.1, 0.15) is 47.0 Å². The van der Waals surface area contributed by atoms with Crippen molar-refractivity contribution in [1.82, 2.24) is 0 Å². The topological polar surface area (TPSA) is 61.6 Å². The second-order valence-corrected chi connectivity index (χ2v) is 7.22. The molecule has 0 aliphatic carbocycles. The van der Waals surface area contributed by atoms with E-state index in [0.29, 0.717) is 13.2 Å². The van der Waals surface area contributed by atoms with Gasteiger partial charge in [-0.15, -0.1) is 0 Å². The zero-order valence-corrected chi connectivity index (χ0v) is 16.6. The summed E-state index contributed by atoms with van der Waals surface area (Å²) in [4.78, 5) is 10.2. The van der Waals surface area contributed by atoms with Crippen molar-refractivity contribution in [3.63, 3.8) is 0 Å². The van der Waals surface area contributed by atoms with E-state index < -0.39 is 4.92 Å². The van der Waals surface area contributed by atoms with Gasteiger partial charge in [0.1, 0.15) is 6.61 Å². The number of hydrogen-bond acceptors (Lipinski definition) is 4. The van der Waals surface area contributed by atoms with Gasteiger partial charge in [-0.25, -0.2) is 0 Å². The van der Waals surface area contributed by atoms with E-state index in [1.165, 1.54) is 17.7 Å². The van der Waals surface area contributed by atoms with Gasteiger partial charge in [0, 0.05) is 18.7 Å². The molecular weight excluding hydrogens is 365 g/mol. The number of ether oxygens (including phenoxy) is 2. The molecule has 0 unspecified atom stereocenters. The van der Waals surface area contributed by atoms with Crippen LogP contribution in [0, 0.1) is 10.1 Å². The van der Waals surface area contributed by atoms with Gasteiger partial charge in [0.25, 0.3) is 5.69 Å². The Balaban J connectivity index is 2.53. The molecule has 5 nitrogen and oxygen atoms in total. The standard InChI is InChI=1S/C18H25Cl2NO4/c1-5-25-18(3,4)9-6-7-13(2)8-10-24-17-15(19)11-14(21(22)23)12-16(17)20/h8,11-12H,5-7,9-10H2,1-4H3. The predicted molar refractivity (Wildman–Crippen MR) is 102 cm³/mol. The highest BCUT2D eigenvalue weighted by atomic mass is 35.5. The average Bonchev–Trinajstić information content (AvgIpc) is 2.49. The maximum absolute atomic E-state index is 10.8. The Morgan fingerprint density at radius 1 is 1.32 bits per heavy atom. The molecular formula is C18H25Cl2NO4. The SMILES string of the molecule is CCOC(C)(C)CCCC(C)=CCOc1c(Cl)cc([N+](=O)[O-])cc1Cl. The third-order valence-electron chi connectivity index (χ3n) is 3.74. The van der Waals surface area contributed by atoms with Crippen molar-refractivity contribution < 1.29 is 14.4 Å². The Kier molecular flexibility index (Phi) is 8.69. The lowest BCUT2D eigenvalue weighted by Crippen LogP contribution is -2.24. The maximum atomic E-state index is 10.8. The van der Waals surface area contributed by atoms with Gasteiger partial charge in [-0.05, 0) is 53.0 Å². The van der Waals surface area contributed by atoms with E-state index in [0.717, 1.165) is 19.3 Å². The van der Waals surface area contributed by atoms with E-state index in [9.17, 15) is 10.1 Å². The van der Waals surface area contributed by atoms with Crippen LogP contribution in [-0.4, -0.2) is 23.7 Å². The lowest BCUT2D eigenvalue weighted by molar-refractivity contribution is -0.384. The molecule has 0 amide bonds. The first-order chi connectivity index (χ1) is 11.7. The zero-order chi connectivity index (χ0) is 19.0. The second kappa shape index (κ2) is 10.00. The van der Waals surface area contributed by atoms with Crippen molar-refractivity contribution in [2.45, 2.75) is 52.6 Å². The predicted octanol–water partition coefficient (Wildman–Crippen LogP) is 6.21. The molecule has 0 aliphatic rings. The summed E-state index contributed by atoms with van der Waals surface area (Å²) in [6.45, 7) is 9.24. The highest BCUT2D eigenvalue weighted by molar-refractivity contribution is 6.37. The van der Waals surface area contributed by atoms with Gasteiger partial charge in [-0.1, -0.05) is 28.8 Å². The highest BCUT2D eigenvalue weighted by Crippen LogP contribution is 2.36. The average molecular weight is 390 g/mol. The van der Waals surface area contributed by atoms with Gasteiger partial charge < -0.3 is 9.47 Å². The molecule has 0 aromatic heterocycles. The highest BCUT2D eigenvalue weighted by Gasteiger charge is 2.17. The molecule has 0 heterocycles. The Morgan fingerprint density at radius 3 is 2.44 bits per heavy atom. The molecule has 1 aromatic rings. The molecule has 0 spiro atoms. The number of hydrogen-bond donors (Lipinski definition) is 0. The molecule has 1 aromatic carbocycles. The van der Waals surface area contributed by atoms with Gasteiger partial charge in [0.05, 0.1) is 20.6 Å².